The van der Waals surface area contributed by atoms with Crippen molar-refractivity contribution in [3.05, 3.63) is 68.3 Å². The normalized spacial score (nSPS) is 10.6. The van der Waals surface area contributed by atoms with Crippen molar-refractivity contribution >= 4 is 33.9 Å². The summed E-state index contributed by atoms with van der Waals surface area (Å²) >= 11 is 1.28. The van der Waals surface area contributed by atoms with E-state index in [4.69, 9.17) is 9.15 Å². The molecule has 150 valence electrons. The van der Waals surface area contributed by atoms with Crippen LogP contribution in [0.15, 0.2) is 40.8 Å². The fourth-order valence-electron chi connectivity index (χ4n) is 2.72. The topological polar surface area (TPSA) is 112 Å². The molecule has 0 saturated carbocycles. The number of rotatable bonds is 6. The van der Waals surface area contributed by atoms with Gasteiger partial charge in [0.2, 0.25) is 0 Å². The quantitative estimate of drug-likeness (QED) is 0.346. The summed E-state index contributed by atoms with van der Waals surface area (Å²) in [6, 6.07) is 8.97. The largest absolute Gasteiger partial charge is 0.462 e. The molecule has 0 fully saturated rings. The lowest BCUT2D eigenvalue weighted by molar-refractivity contribution is -0.384. The second kappa shape index (κ2) is 8.27. The van der Waals surface area contributed by atoms with Gasteiger partial charge in [0.1, 0.15) is 10.8 Å². The van der Waals surface area contributed by atoms with Crippen LogP contribution < -0.4 is 5.32 Å². The van der Waals surface area contributed by atoms with Gasteiger partial charge in [-0.2, -0.15) is 0 Å². The van der Waals surface area contributed by atoms with Crippen molar-refractivity contribution in [2.45, 2.75) is 20.8 Å². The van der Waals surface area contributed by atoms with Crippen LogP contribution in [-0.2, 0) is 4.74 Å². The molecule has 3 aromatic rings. The Hall–Kier alpha value is -3.46. The summed E-state index contributed by atoms with van der Waals surface area (Å²) in [4.78, 5) is 36.2. The lowest BCUT2D eigenvalue weighted by Crippen LogP contribution is -2.14. The third-order valence-electron chi connectivity index (χ3n) is 4.26. The van der Waals surface area contributed by atoms with Crippen molar-refractivity contribution in [2.75, 3.05) is 11.9 Å². The Morgan fingerprint density at radius 2 is 2.00 bits per heavy atom. The summed E-state index contributed by atoms with van der Waals surface area (Å²) in [5.74, 6) is -0.692. The van der Waals surface area contributed by atoms with Crippen LogP contribution in [-0.4, -0.2) is 23.4 Å². The molecule has 9 heteroatoms. The number of esters is 1. The van der Waals surface area contributed by atoms with Gasteiger partial charge in [-0.25, -0.2) is 4.79 Å². The first-order chi connectivity index (χ1) is 13.8. The van der Waals surface area contributed by atoms with Crippen LogP contribution in [0.1, 0.15) is 38.3 Å². The summed E-state index contributed by atoms with van der Waals surface area (Å²) in [5.41, 5.74) is 1.48. The average Bonchev–Trinajstić information content (AvgIpc) is 3.28. The molecule has 2 heterocycles. The number of anilines is 1. The van der Waals surface area contributed by atoms with E-state index in [-0.39, 0.29) is 18.1 Å². The number of carbonyl (C=O) groups excluding carboxylic acids is 2. The molecular weight excluding hydrogens is 396 g/mol. The minimum absolute atomic E-state index is 0.0185. The number of thiophene rings is 1. The van der Waals surface area contributed by atoms with Gasteiger partial charge in [0, 0.05) is 22.6 Å². The van der Waals surface area contributed by atoms with Crippen LogP contribution in [0.25, 0.3) is 11.3 Å². The van der Waals surface area contributed by atoms with Gasteiger partial charge in [-0.05, 0) is 38.5 Å². The van der Waals surface area contributed by atoms with E-state index in [0.29, 0.717) is 21.9 Å². The fraction of sp³-hybridized carbons (Fsp3) is 0.200. The van der Waals surface area contributed by atoms with Crippen LogP contribution in [0.5, 0.6) is 0 Å². The molecule has 0 aliphatic rings. The van der Waals surface area contributed by atoms with Gasteiger partial charge in [0.05, 0.1) is 17.1 Å². The van der Waals surface area contributed by atoms with Crippen LogP contribution >= 0.6 is 11.3 Å². The number of non-ortho nitro benzene ring substituents is 1. The van der Waals surface area contributed by atoms with Crippen LogP contribution in [0, 0.1) is 24.0 Å². The zero-order valence-corrected chi connectivity index (χ0v) is 16.8. The lowest BCUT2D eigenvalue weighted by Gasteiger charge is -2.06. The molecule has 0 aliphatic heterocycles. The first-order valence-corrected chi connectivity index (χ1v) is 9.56. The van der Waals surface area contributed by atoms with E-state index >= 15 is 0 Å². The number of nitro groups is 1. The number of amides is 1. The second-order valence-electron chi connectivity index (χ2n) is 6.13. The van der Waals surface area contributed by atoms with Crippen molar-refractivity contribution in [1.29, 1.82) is 0 Å². The molecule has 29 heavy (non-hydrogen) atoms. The minimum atomic E-state index is -0.534. The Kier molecular flexibility index (Phi) is 5.79. The van der Waals surface area contributed by atoms with Gasteiger partial charge in [0.15, 0.2) is 5.76 Å². The van der Waals surface area contributed by atoms with Gasteiger partial charge in [-0.15, -0.1) is 11.3 Å². The van der Waals surface area contributed by atoms with E-state index in [9.17, 15) is 19.7 Å². The number of nitro benzene ring substituents is 1. The number of nitrogens with one attached hydrogen (secondary N) is 1. The van der Waals surface area contributed by atoms with Gasteiger partial charge < -0.3 is 14.5 Å². The van der Waals surface area contributed by atoms with Crippen molar-refractivity contribution < 1.29 is 23.7 Å². The van der Waals surface area contributed by atoms with E-state index in [2.05, 4.69) is 5.32 Å². The Morgan fingerprint density at radius 1 is 1.24 bits per heavy atom. The third-order valence-corrected chi connectivity index (χ3v) is 5.39. The molecule has 0 atom stereocenters. The smallest absolute Gasteiger partial charge is 0.341 e. The van der Waals surface area contributed by atoms with Gasteiger partial charge in [-0.3, -0.25) is 14.9 Å². The zero-order valence-electron chi connectivity index (χ0n) is 16.0. The van der Waals surface area contributed by atoms with Gasteiger partial charge in [0.25, 0.3) is 11.6 Å². The SMILES string of the molecule is CCOC(=O)c1c(NC(=O)c2ccc(-c3cccc([N+](=O)[O-])c3)o2)sc(C)c1C. The Bertz CT molecular complexity index is 1100. The first-order valence-electron chi connectivity index (χ1n) is 8.75. The average molecular weight is 414 g/mol. The van der Waals surface area contributed by atoms with Crippen molar-refractivity contribution in [3.8, 4) is 11.3 Å². The van der Waals surface area contributed by atoms with Gasteiger partial charge >= 0.3 is 5.97 Å². The van der Waals surface area contributed by atoms with Crippen molar-refractivity contribution in [3.63, 3.8) is 0 Å². The molecule has 8 nitrogen and oxygen atoms in total. The minimum Gasteiger partial charge on any atom is -0.462 e. The zero-order chi connectivity index (χ0) is 21.1. The van der Waals surface area contributed by atoms with E-state index in [0.717, 1.165) is 10.4 Å². The molecule has 0 unspecified atom stereocenters. The highest BCUT2D eigenvalue weighted by atomic mass is 32.1. The number of furan rings is 1. The highest BCUT2D eigenvalue weighted by molar-refractivity contribution is 7.16. The molecule has 1 N–H and O–H groups in total. The second-order valence-corrected chi connectivity index (χ2v) is 7.36. The molecular formula is C20H18N2O6S. The molecule has 0 bridgehead atoms. The summed E-state index contributed by atoms with van der Waals surface area (Å²) in [6.45, 7) is 5.58. The van der Waals surface area contributed by atoms with Crippen molar-refractivity contribution in [2.24, 2.45) is 0 Å². The van der Waals surface area contributed by atoms with Crippen LogP contribution in [0.4, 0.5) is 10.7 Å². The molecule has 2 aromatic heterocycles. The van der Waals surface area contributed by atoms with E-state index in [1.165, 1.54) is 29.5 Å². The van der Waals surface area contributed by atoms with Gasteiger partial charge in [-0.1, -0.05) is 12.1 Å². The number of ether oxygens (including phenoxy) is 1. The predicted molar refractivity (Wildman–Crippen MR) is 109 cm³/mol. The maximum absolute atomic E-state index is 12.6. The maximum Gasteiger partial charge on any atom is 0.341 e. The molecule has 0 radical (unpaired) electrons. The number of aryl methyl sites for hydroxylation is 1. The molecule has 0 saturated heterocycles. The third kappa shape index (κ3) is 4.19. The monoisotopic (exact) mass is 414 g/mol. The number of nitrogens with zero attached hydrogens (tertiary/aromatic N) is 1. The highest BCUT2D eigenvalue weighted by Gasteiger charge is 2.23. The molecule has 0 spiro atoms. The highest BCUT2D eigenvalue weighted by Crippen LogP contribution is 2.34. The lowest BCUT2D eigenvalue weighted by atomic mass is 10.1. The molecule has 3 rings (SSSR count). The number of hydrogen-bond donors (Lipinski definition) is 1. The predicted octanol–water partition coefficient (Wildman–Crippen LogP) is 4.96. The van der Waals surface area contributed by atoms with Crippen LogP contribution in [0.3, 0.4) is 0 Å². The number of benzene rings is 1. The maximum atomic E-state index is 12.6. The Labute approximate surface area is 170 Å². The summed E-state index contributed by atoms with van der Waals surface area (Å²) in [5, 5.41) is 14.0. The van der Waals surface area contributed by atoms with Crippen molar-refractivity contribution in [1.82, 2.24) is 0 Å². The van der Waals surface area contributed by atoms with E-state index < -0.39 is 16.8 Å². The molecule has 1 aromatic carbocycles. The van der Waals surface area contributed by atoms with Crippen LogP contribution in [0.2, 0.25) is 0 Å². The standard InChI is InChI=1S/C20H18N2O6S/c1-4-27-20(24)17-11(2)12(3)29-19(17)21-18(23)16-9-8-15(28-16)13-6-5-7-14(10-13)22(25)26/h5-10H,4H2,1-3H3,(H,21,23). The summed E-state index contributed by atoms with van der Waals surface area (Å²) in [6.07, 6.45) is 0. The number of carbonyl (C=O) groups is 2. The van der Waals surface area contributed by atoms with E-state index in [1.807, 2.05) is 6.92 Å². The Morgan fingerprint density at radius 3 is 2.69 bits per heavy atom. The molecule has 1 amide bonds. The first kappa shape index (κ1) is 20.3. The Balaban J connectivity index is 1.85. The summed E-state index contributed by atoms with van der Waals surface area (Å²) in [7, 11) is 0. The fourth-order valence-corrected chi connectivity index (χ4v) is 3.76. The number of hydrogen-bond acceptors (Lipinski definition) is 7. The molecule has 0 aliphatic carbocycles. The van der Waals surface area contributed by atoms with E-state index in [1.54, 1.807) is 32.0 Å². The summed E-state index contributed by atoms with van der Waals surface area (Å²) < 4.78 is 10.7.